The van der Waals surface area contributed by atoms with Gasteiger partial charge in [0.2, 0.25) is 11.9 Å². The number of nitrogens with zero attached hydrogens (tertiary/aromatic N) is 8. The van der Waals surface area contributed by atoms with Crippen molar-refractivity contribution in [2.24, 2.45) is 5.92 Å². The van der Waals surface area contributed by atoms with Crippen molar-refractivity contribution < 1.29 is 0 Å². The quantitative estimate of drug-likeness (QED) is 0.808. The molecule has 0 aliphatic rings. The monoisotopic (exact) mass is 273 g/mol. The lowest BCUT2D eigenvalue weighted by Crippen LogP contribution is -2.30. The number of aromatic nitrogens is 6. The summed E-state index contributed by atoms with van der Waals surface area (Å²) in [6.07, 6.45) is 2.86. The molecule has 1 unspecified atom stereocenters. The van der Waals surface area contributed by atoms with Gasteiger partial charge in [0.1, 0.15) is 12.7 Å². The molecule has 2 N–H and O–H groups in total. The molecule has 0 amide bonds. The fourth-order valence-corrected chi connectivity index (χ4v) is 1.65. The lowest BCUT2D eigenvalue weighted by atomic mass is 10.2. The summed E-state index contributed by atoms with van der Waals surface area (Å²) in [6, 6.07) is 2.18. The molecular weight excluding hydrogens is 258 g/mol. The molecule has 2 aromatic rings. The maximum Gasteiger partial charge on any atom is 0.258 e. The lowest BCUT2D eigenvalue weighted by Gasteiger charge is -2.22. The summed E-state index contributed by atoms with van der Waals surface area (Å²) in [5, 5.41) is 12.9. The van der Waals surface area contributed by atoms with Gasteiger partial charge in [0.05, 0.1) is 12.0 Å². The molecule has 9 nitrogen and oxygen atoms in total. The Labute approximate surface area is 116 Å². The number of hydrogen-bond acceptors (Lipinski definition) is 8. The van der Waals surface area contributed by atoms with Crippen LogP contribution in [0.1, 0.15) is 13.8 Å². The van der Waals surface area contributed by atoms with Gasteiger partial charge in [0.25, 0.3) is 5.95 Å². The number of rotatable bonds is 5. The van der Waals surface area contributed by atoms with Gasteiger partial charge >= 0.3 is 0 Å². The second kappa shape index (κ2) is 5.92. The maximum absolute atomic E-state index is 8.91. The molecule has 0 saturated carbocycles. The molecule has 0 fully saturated rings. The minimum atomic E-state index is -0.136. The standard InChI is InChI=1S/C11H15N9/c1-3-19(5-8(2)4-12)10-16-9(13)17-11(18-10)20-7-14-6-15-20/h6-8H,3,5H2,1-2H3,(H2,13,16,17,18). The number of anilines is 2. The van der Waals surface area contributed by atoms with Crippen molar-refractivity contribution in [2.75, 3.05) is 23.7 Å². The van der Waals surface area contributed by atoms with Crippen LogP contribution in [0.15, 0.2) is 12.7 Å². The summed E-state index contributed by atoms with van der Waals surface area (Å²) in [6.45, 7) is 4.98. The first-order valence-corrected chi connectivity index (χ1v) is 6.15. The second-order valence-electron chi connectivity index (χ2n) is 4.20. The zero-order chi connectivity index (χ0) is 14.5. The van der Waals surface area contributed by atoms with E-state index in [1.165, 1.54) is 17.3 Å². The topological polar surface area (TPSA) is 122 Å². The van der Waals surface area contributed by atoms with E-state index in [1.807, 2.05) is 18.7 Å². The van der Waals surface area contributed by atoms with Gasteiger partial charge in [0.15, 0.2) is 0 Å². The van der Waals surface area contributed by atoms with Crippen LogP contribution in [0, 0.1) is 17.2 Å². The zero-order valence-corrected chi connectivity index (χ0v) is 11.3. The van der Waals surface area contributed by atoms with E-state index in [4.69, 9.17) is 11.0 Å². The normalized spacial score (nSPS) is 11.8. The first kappa shape index (κ1) is 13.7. The van der Waals surface area contributed by atoms with E-state index in [-0.39, 0.29) is 11.9 Å². The van der Waals surface area contributed by atoms with Crippen molar-refractivity contribution >= 4 is 11.9 Å². The fraction of sp³-hybridized carbons (Fsp3) is 0.455. The third-order valence-electron chi connectivity index (χ3n) is 2.63. The summed E-state index contributed by atoms with van der Waals surface area (Å²) >= 11 is 0. The van der Waals surface area contributed by atoms with Gasteiger partial charge in [0, 0.05) is 13.1 Å². The Balaban J connectivity index is 2.34. The molecule has 0 radical (unpaired) electrons. The van der Waals surface area contributed by atoms with Crippen molar-refractivity contribution in [3.8, 4) is 12.0 Å². The van der Waals surface area contributed by atoms with Crippen LogP contribution in [0.2, 0.25) is 0 Å². The molecule has 2 rings (SSSR count). The summed E-state index contributed by atoms with van der Waals surface area (Å²) < 4.78 is 1.41. The van der Waals surface area contributed by atoms with E-state index < -0.39 is 0 Å². The molecule has 20 heavy (non-hydrogen) atoms. The lowest BCUT2D eigenvalue weighted by molar-refractivity contribution is 0.665. The van der Waals surface area contributed by atoms with Crippen molar-refractivity contribution in [1.82, 2.24) is 29.7 Å². The molecule has 9 heteroatoms. The largest absolute Gasteiger partial charge is 0.368 e. The average molecular weight is 273 g/mol. The predicted octanol–water partition coefficient (Wildman–Crippen LogP) is 0.0205. The Morgan fingerprint density at radius 2 is 2.25 bits per heavy atom. The van der Waals surface area contributed by atoms with Crippen molar-refractivity contribution in [1.29, 1.82) is 5.26 Å². The van der Waals surface area contributed by atoms with E-state index in [0.29, 0.717) is 25.0 Å². The average Bonchev–Trinajstić information content (AvgIpc) is 2.97. The summed E-state index contributed by atoms with van der Waals surface area (Å²) in [4.78, 5) is 18.1. The maximum atomic E-state index is 8.91. The van der Waals surface area contributed by atoms with Crippen LogP contribution < -0.4 is 10.6 Å². The Bertz CT molecular complexity index is 601. The van der Waals surface area contributed by atoms with Gasteiger partial charge in [-0.15, -0.1) is 0 Å². The number of nitrogens with two attached hydrogens (primary N) is 1. The highest BCUT2D eigenvalue weighted by atomic mass is 15.4. The number of nitrogen functional groups attached to an aromatic ring is 1. The smallest absolute Gasteiger partial charge is 0.258 e. The number of nitriles is 1. The second-order valence-corrected chi connectivity index (χ2v) is 4.20. The van der Waals surface area contributed by atoms with Gasteiger partial charge in [-0.05, 0) is 13.8 Å². The molecular formula is C11H15N9. The minimum absolute atomic E-state index is 0.101. The van der Waals surface area contributed by atoms with Crippen LogP contribution in [0.25, 0.3) is 5.95 Å². The summed E-state index contributed by atoms with van der Waals surface area (Å²) in [5.74, 6) is 0.687. The first-order chi connectivity index (χ1) is 9.63. The van der Waals surface area contributed by atoms with Crippen LogP contribution in [0.5, 0.6) is 0 Å². The molecule has 2 heterocycles. The summed E-state index contributed by atoms with van der Waals surface area (Å²) in [5.41, 5.74) is 5.71. The molecule has 0 bridgehead atoms. The van der Waals surface area contributed by atoms with Crippen LogP contribution in [0.3, 0.4) is 0 Å². The molecule has 0 spiro atoms. The highest BCUT2D eigenvalue weighted by Crippen LogP contribution is 2.12. The van der Waals surface area contributed by atoms with E-state index in [1.54, 1.807) is 0 Å². The van der Waals surface area contributed by atoms with Crippen LogP contribution in [-0.4, -0.2) is 42.8 Å². The third-order valence-corrected chi connectivity index (χ3v) is 2.63. The molecule has 2 aromatic heterocycles. The molecule has 1 atom stereocenters. The highest BCUT2D eigenvalue weighted by molar-refractivity contribution is 5.37. The summed E-state index contributed by atoms with van der Waals surface area (Å²) in [7, 11) is 0. The highest BCUT2D eigenvalue weighted by Gasteiger charge is 2.15. The minimum Gasteiger partial charge on any atom is -0.368 e. The van der Waals surface area contributed by atoms with E-state index in [9.17, 15) is 0 Å². The van der Waals surface area contributed by atoms with E-state index in [2.05, 4.69) is 31.1 Å². The van der Waals surface area contributed by atoms with Crippen LogP contribution >= 0.6 is 0 Å². The zero-order valence-electron chi connectivity index (χ0n) is 11.3. The van der Waals surface area contributed by atoms with Gasteiger partial charge in [-0.3, -0.25) is 0 Å². The Morgan fingerprint density at radius 3 is 2.85 bits per heavy atom. The third kappa shape index (κ3) is 2.97. The first-order valence-electron chi connectivity index (χ1n) is 6.15. The van der Waals surface area contributed by atoms with Gasteiger partial charge in [-0.25, -0.2) is 4.98 Å². The molecule has 0 aliphatic carbocycles. The molecule has 0 saturated heterocycles. The van der Waals surface area contributed by atoms with E-state index >= 15 is 0 Å². The predicted molar refractivity (Wildman–Crippen MR) is 71.8 cm³/mol. The SMILES string of the molecule is CCN(CC(C)C#N)c1nc(N)nc(-n2cncn2)n1. The van der Waals surface area contributed by atoms with Crippen LogP contribution in [-0.2, 0) is 0 Å². The Hall–Kier alpha value is -2.76. The van der Waals surface area contributed by atoms with E-state index in [0.717, 1.165) is 0 Å². The fourth-order valence-electron chi connectivity index (χ4n) is 1.65. The van der Waals surface area contributed by atoms with Crippen molar-refractivity contribution in [2.45, 2.75) is 13.8 Å². The van der Waals surface area contributed by atoms with Gasteiger partial charge < -0.3 is 10.6 Å². The van der Waals surface area contributed by atoms with Crippen molar-refractivity contribution in [3.05, 3.63) is 12.7 Å². The van der Waals surface area contributed by atoms with Gasteiger partial charge in [-0.1, -0.05) is 0 Å². The van der Waals surface area contributed by atoms with Crippen molar-refractivity contribution in [3.63, 3.8) is 0 Å². The molecule has 104 valence electrons. The van der Waals surface area contributed by atoms with Crippen LogP contribution in [0.4, 0.5) is 11.9 Å². The molecule has 0 aromatic carbocycles. The Kier molecular flexibility index (Phi) is 4.05. The Morgan fingerprint density at radius 1 is 1.45 bits per heavy atom. The number of hydrogen-bond donors (Lipinski definition) is 1. The van der Waals surface area contributed by atoms with Gasteiger partial charge in [-0.2, -0.15) is 30.0 Å². The molecule has 0 aliphatic heterocycles.